The summed E-state index contributed by atoms with van der Waals surface area (Å²) in [5.74, 6) is 0.515. The third-order valence-electron chi connectivity index (χ3n) is 2.89. The van der Waals surface area contributed by atoms with E-state index in [2.05, 4.69) is 15.3 Å². The number of nitrogens with one attached hydrogen (secondary N) is 2. The molecule has 2 heterocycles. The molecule has 0 unspecified atom stereocenters. The normalized spacial score (nSPS) is 13.7. The highest BCUT2D eigenvalue weighted by atomic mass is 35.5. The summed E-state index contributed by atoms with van der Waals surface area (Å²) in [6, 6.07) is 5.16. The Morgan fingerprint density at radius 3 is 2.78 bits per heavy atom. The standard InChI is InChI=1S/C12H9Cl2N3O/c13-8-2-1-6(3-9(8)14)11-16-10-5-15-4-7(10)12(18)17-11/h1-3,15H,4-5H2,(H,16,17,18). The van der Waals surface area contributed by atoms with Gasteiger partial charge in [-0.1, -0.05) is 23.2 Å². The molecular formula is C12H9Cl2N3O. The van der Waals surface area contributed by atoms with E-state index in [1.165, 1.54) is 0 Å². The lowest BCUT2D eigenvalue weighted by molar-refractivity contribution is 0.757. The first-order valence-electron chi connectivity index (χ1n) is 5.43. The maximum absolute atomic E-state index is 11.9. The molecule has 0 radical (unpaired) electrons. The first-order chi connectivity index (χ1) is 8.65. The van der Waals surface area contributed by atoms with Crippen LogP contribution in [0.5, 0.6) is 0 Å². The van der Waals surface area contributed by atoms with E-state index in [-0.39, 0.29) is 5.56 Å². The van der Waals surface area contributed by atoms with Gasteiger partial charge < -0.3 is 10.3 Å². The van der Waals surface area contributed by atoms with Crippen molar-refractivity contribution in [2.24, 2.45) is 0 Å². The number of nitrogens with zero attached hydrogens (tertiary/aromatic N) is 1. The molecular weight excluding hydrogens is 273 g/mol. The Hall–Kier alpha value is -1.36. The largest absolute Gasteiger partial charge is 0.307 e. The fourth-order valence-corrected chi connectivity index (χ4v) is 2.26. The van der Waals surface area contributed by atoms with Gasteiger partial charge in [0.1, 0.15) is 5.82 Å². The van der Waals surface area contributed by atoms with Crippen LogP contribution >= 0.6 is 23.2 Å². The predicted molar refractivity (Wildman–Crippen MR) is 70.9 cm³/mol. The van der Waals surface area contributed by atoms with E-state index >= 15 is 0 Å². The van der Waals surface area contributed by atoms with E-state index in [1.807, 2.05) is 0 Å². The lowest BCUT2D eigenvalue weighted by atomic mass is 10.2. The van der Waals surface area contributed by atoms with Crippen molar-refractivity contribution in [2.45, 2.75) is 13.1 Å². The highest BCUT2D eigenvalue weighted by Crippen LogP contribution is 2.26. The van der Waals surface area contributed by atoms with Gasteiger partial charge >= 0.3 is 0 Å². The van der Waals surface area contributed by atoms with Crippen LogP contribution in [0.3, 0.4) is 0 Å². The molecule has 6 heteroatoms. The fraction of sp³-hybridized carbons (Fsp3) is 0.167. The van der Waals surface area contributed by atoms with Gasteiger partial charge in [0.15, 0.2) is 0 Å². The summed E-state index contributed by atoms with van der Waals surface area (Å²) >= 11 is 11.8. The monoisotopic (exact) mass is 281 g/mol. The van der Waals surface area contributed by atoms with E-state index < -0.39 is 0 Å². The molecule has 0 atom stereocenters. The number of aromatic amines is 1. The van der Waals surface area contributed by atoms with E-state index in [1.54, 1.807) is 18.2 Å². The molecule has 0 saturated heterocycles. The summed E-state index contributed by atoms with van der Waals surface area (Å²) in [6.07, 6.45) is 0. The molecule has 92 valence electrons. The smallest absolute Gasteiger partial charge is 0.255 e. The van der Waals surface area contributed by atoms with Crippen molar-refractivity contribution >= 4 is 23.2 Å². The summed E-state index contributed by atoms with van der Waals surface area (Å²) < 4.78 is 0. The van der Waals surface area contributed by atoms with Crippen molar-refractivity contribution in [1.29, 1.82) is 0 Å². The van der Waals surface area contributed by atoms with Crippen molar-refractivity contribution in [3.05, 3.63) is 49.9 Å². The average molecular weight is 282 g/mol. The average Bonchev–Trinajstić information content (AvgIpc) is 2.81. The first-order valence-corrected chi connectivity index (χ1v) is 6.19. The Balaban J connectivity index is 2.15. The summed E-state index contributed by atoms with van der Waals surface area (Å²) in [6.45, 7) is 1.19. The minimum Gasteiger partial charge on any atom is -0.307 e. The van der Waals surface area contributed by atoms with Gasteiger partial charge in [-0.15, -0.1) is 0 Å². The molecule has 1 aliphatic rings. The van der Waals surface area contributed by atoms with Gasteiger partial charge in [-0.3, -0.25) is 4.79 Å². The van der Waals surface area contributed by atoms with Crippen molar-refractivity contribution in [3.63, 3.8) is 0 Å². The highest BCUT2D eigenvalue weighted by Gasteiger charge is 2.17. The molecule has 18 heavy (non-hydrogen) atoms. The molecule has 1 aromatic heterocycles. The molecule has 0 bridgehead atoms. The topological polar surface area (TPSA) is 57.8 Å². The van der Waals surface area contributed by atoms with Crippen LogP contribution in [0.1, 0.15) is 11.3 Å². The van der Waals surface area contributed by atoms with Gasteiger partial charge in [-0.05, 0) is 18.2 Å². The second-order valence-corrected chi connectivity index (χ2v) is 4.89. The number of halogens is 2. The quantitative estimate of drug-likeness (QED) is 0.844. The molecule has 1 aliphatic heterocycles. The zero-order valence-electron chi connectivity index (χ0n) is 9.26. The Morgan fingerprint density at radius 1 is 1.17 bits per heavy atom. The van der Waals surface area contributed by atoms with Gasteiger partial charge in [0.05, 0.1) is 21.3 Å². The van der Waals surface area contributed by atoms with E-state index in [0.29, 0.717) is 34.5 Å². The highest BCUT2D eigenvalue weighted by molar-refractivity contribution is 6.42. The number of benzene rings is 1. The Bertz CT molecular complexity index is 682. The van der Waals surface area contributed by atoms with Crippen LogP contribution in [0.2, 0.25) is 10.0 Å². The van der Waals surface area contributed by atoms with Crippen LogP contribution in [-0.2, 0) is 13.1 Å². The molecule has 2 aromatic rings. The summed E-state index contributed by atoms with van der Waals surface area (Å²) in [4.78, 5) is 19.1. The van der Waals surface area contributed by atoms with Crippen LogP contribution in [0, 0.1) is 0 Å². The van der Waals surface area contributed by atoms with Crippen molar-refractivity contribution in [3.8, 4) is 11.4 Å². The minimum absolute atomic E-state index is 0.105. The fourth-order valence-electron chi connectivity index (χ4n) is 1.96. The third-order valence-corrected chi connectivity index (χ3v) is 3.63. The van der Waals surface area contributed by atoms with Gasteiger partial charge in [-0.25, -0.2) is 4.98 Å². The predicted octanol–water partition coefficient (Wildman–Crippen LogP) is 2.35. The number of hydrogen-bond donors (Lipinski definition) is 2. The van der Waals surface area contributed by atoms with Crippen LogP contribution < -0.4 is 10.9 Å². The minimum atomic E-state index is -0.105. The van der Waals surface area contributed by atoms with Gasteiger partial charge in [-0.2, -0.15) is 0 Å². The Kier molecular flexibility index (Phi) is 2.86. The van der Waals surface area contributed by atoms with Gasteiger partial charge in [0.25, 0.3) is 5.56 Å². The van der Waals surface area contributed by atoms with Gasteiger partial charge in [0, 0.05) is 18.7 Å². The molecule has 4 nitrogen and oxygen atoms in total. The number of hydrogen-bond acceptors (Lipinski definition) is 3. The van der Waals surface area contributed by atoms with E-state index in [0.717, 1.165) is 11.3 Å². The number of fused-ring (bicyclic) bond motifs is 1. The molecule has 0 spiro atoms. The number of aromatic nitrogens is 2. The van der Waals surface area contributed by atoms with Gasteiger partial charge in [0.2, 0.25) is 0 Å². The molecule has 1 aromatic carbocycles. The summed E-state index contributed by atoms with van der Waals surface area (Å²) in [5, 5.41) is 4.02. The van der Waals surface area contributed by atoms with Crippen LogP contribution in [0.25, 0.3) is 11.4 Å². The Morgan fingerprint density at radius 2 is 2.00 bits per heavy atom. The first kappa shape index (κ1) is 11.7. The molecule has 0 fully saturated rings. The number of H-pyrrole nitrogens is 1. The zero-order valence-corrected chi connectivity index (χ0v) is 10.8. The second kappa shape index (κ2) is 4.39. The van der Waals surface area contributed by atoms with Crippen molar-refractivity contribution in [1.82, 2.24) is 15.3 Å². The molecule has 3 rings (SSSR count). The van der Waals surface area contributed by atoms with Crippen LogP contribution in [0.4, 0.5) is 0 Å². The van der Waals surface area contributed by atoms with E-state index in [9.17, 15) is 4.79 Å². The maximum atomic E-state index is 11.9. The third kappa shape index (κ3) is 1.92. The summed E-state index contributed by atoms with van der Waals surface area (Å²) in [5.41, 5.74) is 2.14. The Labute approximate surface area is 113 Å². The van der Waals surface area contributed by atoms with Crippen LogP contribution in [0.15, 0.2) is 23.0 Å². The van der Waals surface area contributed by atoms with E-state index in [4.69, 9.17) is 23.2 Å². The number of rotatable bonds is 1. The SMILES string of the molecule is O=c1[nH]c(-c2ccc(Cl)c(Cl)c2)nc2c1CNC2. The summed E-state index contributed by atoms with van der Waals surface area (Å²) in [7, 11) is 0. The molecule has 2 N–H and O–H groups in total. The lowest BCUT2D eigenvalue weighted by Crippen LogP contribution is -2.15. The lowest BCUT2D eigenvalue weighted by Gasteiger charge is -2.04. The van der Waals surface area contributed by atoms with Crippen molar-refractivity contribution in [2.75, 3.05) is 0 Å². The molecule has 0 saturated carbocycles. The molecule has 0 amide bonds. The van der Waals surface area contributed by atoms with Crippen molar-refractivity contribution < 1.29 is 0 Å². The van der Waals surface area contributed by atoms with Crippen LogP contribution in [-0.4, -0.2) is 9.97 Å². The zero-order chi connectivity index (χ0) is 12.7. The molecule has 0 aliphatic carbocycles. The maximum Gasteiger partial charge on any atom is 0.255 e. The second-order valence-electron chi connectivity index (χ2n) is 4.07.